The lowest BCUT2D eigenvalue weighted by molar-refractivity contribution is -0.151. The first kappa shape index (κ1) is 16.9. The van der Waals surface area contributed by atoms with E-state index in [2.05, 4.69) is 51.9 Å². The largest absolute Gasteiger partial charge is 0.414 e. The van der Waals surface area contributed by atoms with Gasteiger partial charge in [0.25, 0.3) is 0 Å². The number of nitrogens with one attached hydrogen (secondary N) is 1. The van der Waals surface area contributed by atoms with Crippen LogP contribution in [-0.4, -0.2) is 34.9 Å². The first-order valence-electron chi connectivity index (χ1n) is 7.10. The van der Waals surface area contributed by atoms with Gasteiger partial charge in [-0.1, -0.05) is 13.8 Å². The van der Waals surface area contributed by atoms with Crippen molar-refractivity contribution in [3.63, 3.8) is 0 Å². The topological polar surface area (TPSA) is 47.6 Å². The summed E-state index contributed by atoms with van der Waals surface area (Å²) in [7, 11) is -3.38. The molecule has 1 aliphatic heterocycles. The Morgan fingerprint density at radius 1 is 1.11 bits per heavy atom. The highest BCUT2D eigenvalue weighted by Gasteiger charge is 2.47. The summed E-state index contributed by atoms with van der Waals surface area (Å²) in [5.41, 5.74) is 0.537. The maximum Gasteiger partial charge on any atom is 0.232 e. The zero-order valence-corrected chi connectivity index (χ0v) is 15.5. The Kier molecular flexibility index (Phi) is 5.04. The number of hydrogen-bond donors (Lipinski definition) is 1. The number of rotatable bonds is 6. The van der Waals surface area contributed by atoms with Gasteiger partial charge in [0.15, 0.2) is 16.6 Å². The highest BCUT2D eigenvalue weighted by Crippen LogP contribution is 2.30. The molecule has 0 spiro atoms. The van der Waals surface area contributed by atoms with Crippen LogP contribution in [0.5, 0.6) is 0 Å². The first-order chi connectivity index (χ1) is 8.44. The van der Waals surface area contributed by atoms with Crippen molar-refractivity contribution in [2.24, 2.45) is 5.92 Å². The molecule has 1 fully saturated rings. The van der Waals surface area contributed by atoms with Crippen LogP contribution in [0.25, 0.3) is 0 Å². The summed E-state index contributed by atoms with van der Waals surface area (Å²) in [5, 5.41) is 2.85. The number of hydrogen-bond acceptors (Lipinski definition) is 3. The summed E-state index contributed by atoms with van der Waals surface area (Å²) in [6.45, 7) is 17.2. The van der Waals surface area contributed by atoms with Crippen LogP contribution >= 0.6 is 0 Å². The minimum atomic E-state index is -1.73. The molecule has 1 aliphatic rings. The van der Waals surface area contributed by atoms with Crippen LogP contribution < -0.4 is 5.32 Å². The third-order valence-electron chi connectivity index (χ3n) is 3.78. The lowest BCUT2D eigenvalue weighted by Crippen LogP contribution is -2.66. The Hall–Kier alpha value is -0.176. The van der Waals surface area contributed by atoms with E-state index >= 15 is 0 Å². The summed E-state index contributed by atoms with van der Waals surface area (Å²) in [4.78, 5) is 11.8. The van der Waals surface area contributed by atoms with Gasteiger partial charge in [0.05, 0.1) is 6.10 Å². The lowest BCUT2D eigenvalue weighted by Gasteiger charge is -2.44. The van der Waals surface area contributed by atoms with Crippen LogP contribution in [0.15, 0.2) is 0 Å². The van der Waals surface area contributed by atoms with E-state index in [1.54, 1.807) is 0 Å². The zero-order chi connectivity index (χ0) is 15.0. The SMILES string of the molecule is CC(O[Si](C)(C)C(C)C)C1C(=O)NC1O[Si](C)(C)C. The van der Waals surface area contributed by atoms with E-state index in [0.29, 0.717) is 5.54 Å². The minimum Gasteiger partial charge on any atom is -0.414 e. The summed E-state index contributed by atoms with van der Waals surface area (Å²) in [5.74, 6) is -0.0958. The Morgan fingerprint density at radius 3 is 2.00 bits per heavy atom. The fourth-order valence-electron chi connectivity index (χ4n) is 2.00. The molecule has 0 aromatic carbocycles. The summed E-state index contributed by atoms with van der Waals surface area (Å²) in [6, 6.07) is 0. The van der Waals surface area contributed by atoms with Gasteiger partial charge in [0.1, 0.15) is 12.1 Å². The monoisotopic (exact) mass is 303 g/mol. The average molecular weight is 304 g/mol. The molecule has 6 heteroatoms. The first-order valence-corrected chi connectivity index (χ1v) is 13.5. The third kappa shape index (κ3) is 4.41. The molecule has 3 unspecified atom stereocenters. The van der Waals surface area contributed by atoms with Crippen molar-refractivity contribution < 1.29 is 13.6 Å². The maximum absolute atomic E-state index is 11.8. The Labute approximate surface area is 119 Å². The molecule has 0 aliphatic carbocycles. The van der Waals surface area contributed by atoms with Gasteiger partial charge >= 0.3 is 0 Å². The van der Waals surface area contributed by atoms with E-state index < -0.39 is 16.6 Å². The fourth-order valence-corrected chi connectivity index (χ4v) is 4.34. The molecular formula is C13H29NO3Si2. The average Bonchev–Trinajstić information content (AvgIpc) is 2.12. The number of β-lactam (4-membered cyclic amide) rings is 1. The molecule has 19 heavy (non-hydrogen) atoms. The maximum atomic E-state index is 11.8. The predicted molar refractivity (Wildman–Crippen MR) is 83.0 cm³/mol. The number of carbonyl (C=O) groups excluding carboxylic acids is 1. The Bertz CT molecular complexity index is 339. The van der Waals surface area contributed by atoms with Crippen LogP contribution in [-0.2, 0) is 13.6 Å². The second-order valence-electron chi connectivity index (χ2n) is 7.27. The van der Waals surface area contributed by atoms with E-state index in [-0.39, 0.29) is 24.2 Å². The quantitative estimate of drug-likeness (QED) is 0.606. The van der Waals surface area contributed by atoms with Gasteiger partial charge in [0, 0.05) is 0 Å². The van der Waals surface area contributed by atoms with Crippen LogP contribution in [0.2, 0.25) is 38.3 Å². The van der Waals surface area contributed by atoms with Gasteiger partial charge < -0.3 is 14.2 Å². The van der Waals surface area contributed by atoms with Gasteiger partial charge in [-0.3, -0.25) is 4.79 Å². The minimum absolute atomic E-state index is 0.0595. The van der Waals surface area contributed by atoms with Crippen LogP contribution in [0.3, 0.4) is 0 Å². The van der Waals surface area contributed by atoms with Crippen molar-refractivity contribution >= 4 is 22.5 Å². The fraction of sp³-hybridized carbons (Fsp3) is 0.923. The summed E-state index contributed by atoms with van der Waals surface area (Å²) >= 11 is 0. The second kappa shape index (κ2) is 5.67. The molecule has 1 rings (SSSR count). The lowest BCUT2D eigenvalue weighted by atomic mass is 9.94. The van der Waals surface area contributed by atoms with E-state index in [1.165, 1.54) is 0 Å². The zero-order valence-electron chi connectivity index (χ0n) is 13.5. The smallest absolute Gasteiger partial charge is 0.232 e. The van der Waals surface area contributed by atoms with Gasteiger partial charge in [0.2, 0.25) is 5.91 Å². The van der Waals surface area contributed by atoms with Crippen LogP contribution in [0, 0.1) is 5.92 Å². The van der Waals surface area contributed by atoms with Crippen LogP contribution in [0.1, 0.15) is 20.8 Å². The van der Waals surface area contributed by atoms with Gasteiger partial charge in [-0.2, -0.15) is 0 Å². The van der Waals surface area contributed by atoms with Crippen LogP contribution in [0.4, 0.5) is 0 Å². The number of carbonyl (C=O) groups is 1. The van der Waals surface area contributed by atoms with E-state index in [0.717, 1.165) is 0 Å². The van der Waals surface area contributed by atoms with Gasteiger partial charge in [-0.15, -0.1) is 0 Å². The molecule has 3 atom stereocenters. The molecule has 112 valence electrons. The molecule has 1 N–H and O–H groups in total. The molecule has 0 aromatic heterocycles. The molecule has 0 aromatic rings. The predicted octanol–water partition coefficient (Wildman–Crippen LogP) is 2.93. The third-order valence-corrected chi connectivity index (χ3v) is 8.50. The van der Waals surface area contributed by atoms with E-state index in [4.69, 9.17) is 8.85 Å². The summed E-state index contributed by atoms with van der Waals surface area (Å²) in [6.07, 6.45) is -0.231. The van der Waals surface area contributed by atoms with Crippen molar-refractivity contribution in [2.45, 2.75) is 71.4 Å². The van der Waals surface area contributed by atoms with Crippen molar-refractivity contribution in [1.29, 1.82) is 0 Å². The van der Waals surface area contributed by atoms with Crippen molar-refractivity contribution in [1.82, 2.24) is 5.32 Å². The van der Waals surface area contributed by atoms with Crippen molar-refractivity contribution in [2.75, 3.05) is 0 Å². The van der Waals surface area contributed by atoms with Gasteiger partial charge in [-0.05, 0) is 45.2 Å². The molecule has 0 saturated carbocycles. The second-order valence-corrected chi connectivity index (χ2v) is 16.3. The molecule has 0 radical (unpaired) electrons. The molecule has 1 heterocycles. The number of amides is 1. The highest BCUT2D eigenvalue weighted by molar-refractivity contribution is 6.72. The molecular weight excluding hydrogens is 274 g/mol. The van der Waals surface area contributed by atoms with Crippen molar-refractivity contribution in [3.8, 4) is 0 Å². The van der Waals surface area contributed by atoms with Gasteiger partial charge in [-0.25, -0.2) is 0 Å². The normalized spacial score (nSPS) is 26.1. The molecule has 1 amide bonds. The molecule has 0 bridgehead atoms. The molecule has 4 nitrogen and oxygen atoms in total. The Balaban J connectivity index is 2.65. The summed E-state index contributed by atoms with van der Waals surface area (Å²) < 4.78 is 12.2. The highest BCUT2D eigenvalue weighted by atomic mass is 28.4. The molecule has 1 saturated heterocycles. The Morgan fingerprint density at radius 2 is 1.63 bits per heavy atom. The standard InChI is InChI=1S/C13H29NO3Si2/c1-9(2)19(7,8)16-10(3)11-12(15)14-13(11)17-18(4,5)6/h9-11,13H,1-8H3,(H,14,15). The van der Waals surface area contributed by atoms with Crippen molar-refractivity contribution in [3.05, 3.63) is 0 Å². The van der Waals surface area contributed by atoms with E-state index in [1.807, 2.05) is 6.92 Å². The van der Waals surface area contributed by atoms with E-state index in [9.17, 15) is 4.79 Å².